The number of pyridine rings is 1. The Labute approximate surface area is 169 Å². The highest BCUT2D eigenvalue weighted by Crippen LogP contribution is 2.30. The zero-order valence-corrected chi connectivity index (χ0v) is 15.7. The average molecular weight is 416 g/mol. The van der Waals surface area contributed by atoms with Crippen LogP contribution >= 0.6 is 11.6 Å². The molecule has 3 aromatic rings. The number of carbonyl (C=O) groups excluding carboxylic acids is 2. The Bertz CT molecular complexity index is 1070. The molecule has 3 heterocycles. The summed E-state index contributed by atoms with van der Waals surface area (Å²) in [6.45, 7) is 0.719. The highest BCUT2D eigenvalue weighted by Gasteiger charge is 2.26. The highest BCUT2D eigenvalue weighted by molar-refractivity contribution is 6.35. The second-order valence-electron chi connectivity index (χ2n) is 6.34. The monoisotopic (exact) mass is 415 g/mol. The molecule has 9 heteroatoms. The third-order valence-corrected chi connectivity index (χ3v) is 4.61. The van der Waals surface area contributed by atoms with Crippen molar-refractivity contribution in [3.05, 3.63) is 76.6 Å². The van der Waals surface area contributed by atoms with Crippen LogP contribution in [0.15, 0.2) is 48.9 Å². The zero-order chi connectivity index (χ0) is 20.4. The molecule has 0 aliphatic carbocycles. The highest BCUT2D eigenvalue weighted by atomic mass is 35.5. The second kappa shape index (κ2) is 8.02. The standard InChI is InChI=1S/C20H15ClFN3O4/c21-14-3-4-16(29-13-9-28-10-13)18(22)17(14)19(26)11-6-15(24-7-11)20(27)25-12-2-1-5-23-8-12/h1-8,13,24H,9-10H2,(H,25,27). The van der Waals surface area contributed by atoms with E-state index in [9.17, 15) is 14.0 Å². The summed E-state index contributed by atoms with van der Waals surface area (Å²) in [5.74, 6) is -2.06. The number of rotatable bonds is 6. The fourth-order valence-corrected chi connectivity index (χ4v) is 2.96. The molecular formula is C20H15ClFN3O4. The number of ketones is 1. The number of aromatic nitrogens is 2. The van der Waals surface area contributed by atoms with Gasteiger partial charge in [-0.05, 0) is 30.3 Å². The van der Waals surface area contributed by atoms with Crippen molar-refractivity contribution in [3.8, 4) is 5.75 Å². The molecule has 0 saturated carbocycles. The summed E-state index contributed by atoms with van der Waals surface area (Å²) in [6.07, 6.45) is 4.13. The molecule has 0 unspecified atom stereocenters. The number of amides is 1. The van der Waals surface area contributed by atoms with Crippen LogP contribution in [0.25, 0.3) is 0 Å². The van der Waals surface area contributed by atoms with Crippen LogP contribution in [-0.2, 0) is 4.74 Å². The van der Waals surface area contributed by atoms with E-state index in [0.29, 0.717) is 18.9 Å². The Hall–Kier alpha value is -3.23. The molecule has 29 heavy (non-hydrogen) atoms. The van der Waals surface area contributed by atoms with E-state index < -0.39 is 17.5 Å². The summed E-state index contributed by atoms with van der Waals surface area (Å²) in [6, 6.07) is 7.45. The fourth-order valence-electron chi connectivity index (χ4n) is 2.73. The minimum absolute atomic E-state index is 0.0488. The predicted octanol–water partition coefficient (Wildman–Crippen LogP) is 3.46. The SMILES string of the molecule is O=C(Nc1cccnc1)c1cc(C(=O)c2c(Cl)ccc(OC3COC3)c2F)c[nH]1. The maximum Gasteiger partial charge on any atom is 0.272 e. The Kier molecular flexibility index (Phi) is 5.28. The molecule has 1 aromatic carbocycles. The van der Waals surface area contributed by atoms with Crippen molar-refractivity contribution in [2.24, 2.45) is 0 Å². The van der Waals surface area contributed by atoms with Gasteiger partial charge in [0.05, 0.1) is 35.7 Å². The number of halogens is 2. The lowest BCUT2D eigenvalue weighted by Gasteiger charge is -2.27. The molecule has 2 aromatic heterocycles. The Balaban J connectivity index is 1.55. The Morgan fingerprint density at radius 1 is 1.31 bits per heavy atom. The van der Waals surface area contributed by atoms with Crippen LogP contribution in [0.1, 0.15) is 26.4 Å². The molecule has 7 nitrogen and oxygen atoms in total. The van der Waals surface area contributed by atoms with Crippen molar-refractivity contribution in [1.29, 1.82) is 0 Å². The number of H-pyrrole nitrogens is 1. The third kappa shape index (κ3) is 3.98. The smallest absolute Gasteiger partial charge is 0.272 e. The first-order valence-corrected chi connectivity index (χ1v) is 9.07. The largest absolute Gasteiger partial charge is 0.482 e. The number of nitrogens with one attached hydrogen (secondary N) is 2. The van der Waals surface area contributed by atoms with Crippen LogP contribution in [0.2, 0.25) is 5.02 Å². The number of ether oxygens (including phenoxy) is 2. The molecule has 1 amide bonds. The van der Waals surface area contributed by atoms with E-state index in [1.807, 2.05) is 0 Å². The summed E-state index contributed by atoms with van der Waals surface area (Å²) in [4.78, 5) is 31.8. The molecule has 0 bridgehead atoms. The van der Waals surface area contributed by atoms with Crippen LogP contribution in [-0.4, -0.2) is 41.0 Å². The van der Waals surface area contributed by atoms with Gasteiger partial charge in [0.25, 0.3) is 5.91 Å². The lowest BCUT2D eigenvalue weighted by Crippen LogP contribution is -2.38. The van der Waals surface area contributed by atoms with E-state index in [4.69, 9.17) is 21.1 Å². The van der Waals surface area contributed by atoms with Gasteiger partial charge in [-0.3, -0.25) is 14.6 Å². The summed E-state index contributed by atoms with van der Waals surface area (Å²) in [7, 11) is 0. The van der Waals surface area contributed by atoms with Crippen LogP contribution in [0.5, 0.6) is 5.75 Å². The van der Waals surface area contributed by atoms with Gasteiger partial charge in [0, 0.05) is 18.0 Å². The molecule has 1 aliphatic heterocycles. The molecule has 148 valence electrons. The molecule has 0 spiro atoms. The average Bonchev–Trinajstić information content (AvgIpc) is 3.17. The van der Waals surface area contributed by atoms with Crippen LogP contribution < -0.4 is 10.1 Å². The lowest BCUT2D eigenvalue weighted by molar-refractivity contribution is -0.0809. The molecule has 1 saturated heterocycles. The quantitative estimate of drug-likeness (QED) is 0.601. The molecule has 4 rings (SSSR count). The first-order valence-electron chi connectivity index (χ1n) is 8.70. The van der Waals surface area contributed by atoms with Gasteiger partial charge in [-0.25, -0.2) is 4.39 Å². The first-order chi connectivity index (χ1) is 14.0. The number of nitrogens with zero attached hydrogens (tertiary/aromatic N) is 1. The van der Waals surface area contributed by atoms with Gasteiger partial charge >= 0.3 is 0 Å². The van der Waals surface area contributed by atoms with Gasteiger partial charge in [-0.1, -0.05) is 11.6 Å². The van der Waals surface area contributed by atoms with E-state index in [1.54, 1.807) is 18.3 Å². The Morgan fingerprint density at radius 3 is 2.83 bits per heavy atom. The summed E-state index contributed by atoms with van der Waals surface area (Å²) < 4.78 is 25.4. The van der Waals surface area contributed by atoms with E-state index >= 15 is 0 Å². The second-order valence-corrected chi connectivity index (χ2v) is 6.75. The van der Waals surface area contributed by atoms with Crippen molar-refractivity contribution >= 4 is 29.0 Å². The van der Waals surface area contributed by atoms with Crippen LogP contribution in [0.3, 0.4) is 0 Å². The zero-order valence-electron chi connectivity index (χ0n) is 14.9. The van der Waals surface area contributed by atoms with E-state index in [2.05, 4.69) is 15.3 Å². The molecule has 0 atom stereocenters. The van der Waals surface area contributed by atoms with Crippen molar-refractivity contribution in [2.75, 3.05) is 18.5 Å². The number of carbonyl (C=O) groups is 2. The Morgan fingerprint density at radius 2 is 2.14 bits per heavy atom. The van der Waals surface area contributed by atoms with Gasteiger partial charge in [0.2, 0.25) is 0 Å². The molecule has 2 N–H and O–H groups in total. The van der Waals surface area contributed by atoms with Crippen molar-refractivity contribution in [1.82, 2.24) is 9.97 Å². The van der Waals surface area contributed by atoms with Gasteiger partial charge < -0.3 is 19.8 Å². The van der Waals surface area contributed by atoms with Crippen molar-refractivity contribution in [3.63, 3.8) is 0 Å². The molecule has 1 fully saturated rings. The normalized spacial score (nSPS) is 13.6. The summed E-state index contributed by atoms with van der Waals surface area (Å²) in [5.41, 5.74) is 0.403. The maximum atomic E-state index is 14.9. The van der Waals surface area contributed by atoms with Crippen LogP contribution in [0, 0.1) is 5.82 Å². The topological polar surface area (TPSA) is 93.3 Å². The summed E-state index contributed by atoms with van der Waals surface area (Å²) >= 11 is 6.07. The lowest BCUT2D eigenvalue weighted by atomic mass is 10.0. The minimum Gasteiger partial charge on any atom is -0.482 e. The number of hydrogen-bond acceptors (Lipinski definition) is 5. The van der Waals surface area contributed by atoms with Crippen LogP contribution in [0.4, 0.5) is 10.1 Å². The number of hydrogen-bond donors (Lipinski definition) is 2. The van der Waals surface area contributed by atoms with E-state index in [0.717, 1.165) is 0 Å². The van der Waals surface area contributed by atoms with Crippen molar-refractivity contribution < 1.29 is 23.5 Å². The fraction of sp³-hybridized carbons (Fsp3) is 0.150. The number of benzene rings is 1. The minimum atomic E-state index is -0.850. The molecular weight excluding hydrogens is 401 g/mol. The van der Waals surface area contributed by atoms with Gasteiger partial charge in [0.1, 0.15) is 11.8 Å². The number of aromatic amines is 1. The molecule has 1 aliphatic rings. The van der Waals surface area contributed by atoms with Gasteiger partial charge in [-0.2, -0.15) is 0 Å². The third-order valence-electron chi connectivity index (χ3n) is 4.29. The first kappa shape index (κ1) is 19.1. The van der Waals surface area contributed by atoms with Gasteiger partial charge in [0.15, 0.2) is 17.3 Å². The summed E-state index contributed by atoms with van der Waals surface area (Å²) in [5, 5.41) is 2.59. The van der Waals surface area contributed by atoms with E-state index in [-0.39, 0.29) is 33.7 Å². The predicted molar refractivity (Wildman–Crippen MR) is 103 cm³/mol. The van der Waals surface area contributed by atoms with Crippen molar-refractivity contribution in [2.45, 2.75) is 6.10 Å². The maximum absolute atomic E-state index is 14.9. The number of anilines is 1. The molecule has 0 radical (unpaired) electrons. The van der Waals surface area contributed by atoms with Gasteiger partial charge in [-0.15, -0.1) is 0 Å². The van der Waals surface area contributed by atoms with E-state index in [1.165, 1.54) is 30.6 Å².